The number of carbonyl (C=O) groups excluding carboxylic acids is 1. The number of likely N-dealkylation sites (N-methyl/N-ethyl adjacent to an activating group) is 1. The van der Waals surface area contributed by atoms with E-state index in [9.17, 15) is 4.79 Å². The average molecular weight is 630 g/mol. The van der Waals surface area contributed by atoms with Gasteiger partial charge in [-0.3, -0.25) is 9.78 Å². The summed E-state index contributed by atoms with van der Waals surface area (Å²) in [6.07, 6.45) is 5.86. The lowest BCUT2D eigenvalue weighted by molar-refractivity contribution is -0.138. The molecule has 0 bridgehead atoms. The van der Waals surface area contributed by atoms with Gasteiger partial charge in [0, 0.05) is 67.7 Å². The second kappa shape index (κ2) is 12.0. The van der Waals surface area contributed by atoms with Crippen molar-refractivity contribution in [2.45, 2.75) is 59.7 Å². The minimum absolute atomic E-state index is 0.0337. The first kappa shape index (κ1) is 31.2. The summed E-state index contributed by atoms with van der Waals surface area (Å²) in [7, 11) is 2.15. The number of benzene rings is 3. The number of nitrogens with zero attached hydrogens (tertiary/aromatic N) is 5. The summed E-state index contributed by atoms with van der Waals surface area (Å²) in [4.78, 5) is 32.5. The van der Waals surface area contributed by atoms with Crippen molar-refractivity contribution in [2.24, 2.45) is 0 Å². The Balaban J connectivity index is 1.44. The summed E-state index contributed by atoms with van der Waals surface area (Å²) in [5.74, 6) is 1.59. The molecule has 2 aliphatic rings. The number of piperazine rings is 1. The molecule has 0 saturated carbocycles. The summed E-state index contributed by atoms with van der Waals surface area (Å²) in [6, 6.07) is 12.8. The Hall–Kier alpha value is -4.40. The lowest BCUT2D eigenvalue weighted by Gasteiger charge is -2.32. The average Bonchev–Trinajstić information content (AvgIpc) is 3.04. The monoisotopic (exact) mass is 629 g/mol. The molecule has 0 spiro atoms. The van der Waals surface area contributed by atoms with E-state index in [2.05, 4.69) is 61.0 Å². The molecule has 3 aromatic carbocycles. The molecule has 0 radical (unpaired) electrons. The Morgan fingerprint density at radius 3 is 2.36 bits per heavy atom. The van der Waals surface area contributed by atoms with E-state index in [1.54, 1.807) is 6.92 Å². The van der Waals surface area contributed by atoms with E-state index in [1.807, 2.05) is 45.4 Å². The highest BCUT2D eigenvalue weighted by molar-refractivity contribution is 6.10. The van der Waals surface area contributed by atoms with Crippen LogP contribution >= 0.6 is 0 Å². The highest BCUT2D eigenvalue weighted by atomic mass is 16.5. The third kappa shape index (κ3) is 5.74. The fourth-order valence-corrected chi connectivity index (χ4v) is 7.14. The van der Waals surface area contributed by atoms with Gasteiger partial charge in [-0.05, 0) is 111 Å². The molecule has 0 N–H and O–H groups in total. The highest BCUT2D eigenvalue weighted by Crippen LogP contribution is 2.46. The third-order valence-corrected chi connectivity index (χ3v) is 9.52. The van der Waals surface area contributed by atoms with Crippen LogP contribution in [0, 0.1) is 13.8 Å². The van der Waals surface area contributed by atoms with Gasteiger partial charge >= 0.3 is 0 Å². The van der Waals surface area contributed by atoms with Gasteiger partial charge in [-0.15, -0.1) is 0 Å². The number of fused-ring (bicyclic) bond motifs is 1. The van der Waals surface area contributed by atoms with Crippen molar-refractivity contribution >= 4 is 33.4 Å². The molecule has 7 rings (SSSR count). The summed E-state index contributed by atoms with van der Waals surface area (Å²) in [6.45, 7) is 16.4. The summed E-state index contributed by atoms with van der Waals surface area (Å²) in [5.41, 5.74) is 8.58. The molecule has 0 aliphatic carbocycles. The van der Waals surface area contributed by atoms with Gasteiger partial charge < -0.3 is 19.3 Å². The van der Waals surface area contributed by atoms with Crippen molar-refractivity contribution in [3.05, 3.63) is 77.2 Å². The van der Waals surface area contributed by atoms with Crippen LogP contribution in [0.1, 0.15) is 56.1 Å². The number of ether oxygens (including phenoxy) is 2. The van der Waals surface area contributed by atoms with E-state index in [1.165, 1.54) is 5.56 Å². The molecule has 47 heavy (non-hydrogen) atoms. The van der Waals surface area contributed by atoms with Crippen LogP contribution in [0.15, 0.2) is 55.0 Å². The quantitative estimate of drug-likeness (QED) is 0.194. The zero-order chi connectivity index (χ0) is 33.0. The standard InChI is InChI=1S/C39H43N5O3/c1-23-20-31-24(2)28(27-21-41-38(42-22-27)44-17-15-43(7)16-18-44)8-9-29(31)35(33(23)37(25(3)45)47-39(4,5)6)30-10-11-32-34-26(13-19-46-32)12-14-40-36(30)34/h8-12,14,20-22,37H,13,15-19H2,1-7H3. The molecule has 1 atom stereocenters. The van der Waals surface area contributed by atoms with Crippen molar-refractivity contribution < 1.29 is 14.3 Å². The van der Waals surface area contributed by atoms with E-state index in [0.717, 1.165) is 105 Å². The van der Waals surface area contributed by atoms with Gasteiger partial charge in [-0.1, -0.05) is 18.2 Å². The van der Waals surface area contributed by atoms with Crippen LogP contribution in [0.4, 0.5) is 5.95 Å². The molecule has 0 amide bonds. The molecular formula is C39H43N5O3. The minimum atomic E-state index is -0.744. The van der Waals surface area contributed by atoms with Crippen molar-refractivity contribution in [1.82, 2.24) is 19.9 Å². The fraction of sp³-hybridized carbons (Fsp3) is 0.385. The number of ketones is 1. The molecule has 1 unspecified atom stereocenters. The minimum Gasteiger partial charge on any atom is -0.493 e. The largest absolute Gasteiger partial charge is 0.493 e. The molecule has 8 nitrogen and oxygen atoms in total. The molecule has 242 valence electrons. The number of pyridine rings is 1. The number of aromatic nitrogens is 3. The van der Waals surface area contributed by atoms with Crippen LogP contribution in [0.5, 0.6) is 5.75 Å². The Labute approximate surface area is 276 Å². The lowest BCUT2D eigenvalue weighted by Crippen LogP contribution is -2.45. The molecule has 1 saturated heterocycles. The summed E-state index contributed by atoms with van der Waals surface area (Å²) >= 11 is 0. The maximum Gasteiger partial charge on any atom is 0.225 e. The second-order valence-corrected chi connectivity index (χ2v) is 14.0. The van der Waals surface area contributed by atoms with Crippen LogP contribution in [-0.2, 0) is 16.0 Å². The Morgan fingerprint density at radius 1 is 0.936 bits per heavy atom. The van der Waals surface area contributed by atoms with Gasteiger partial charge in [0.1, 0.15) is 11.9 Å². The smallest absolute Gasteiger partial charge is 0.225 e. The van der Waals surface area contributed by atoms with Crippen LogP contribution in [0.25, 0.3) is 43.9 Å². The Bertz CT molecular complexity index is 2000. The van der Waals surface area contributed by atoms with E-state index < -0.39 is 11.7 Å². The van der Waals surface area contributed by atoms with Crippen molar-refractivity contribution in [3.63, 3.8) is 0 Å². The molecule has 5 aromatic rings. The van der Waals surface area contributed by atoms with Crippen LogP contribution in [-0.4, -0.2) is 71.1 Å². The van der Waals surface area contributed by atoms with Gasteiger partial charge in [0.2, 0.25) is 5.95 Å². The molecule has 4 heterocycles. The van der Waals surface area contributed by atoms with E-state index in [0.29, 0.717) is 6.61 Å². The number of Topliss-reactive ketones (excluding diaryl/α,β-unsaturated/α-hetero) is 1. The molecule has 2 aliphatic heterocycles. The zero-order valence-corrected chi connectivity index (χ0v) is 28.5. The first-order valence-corrected chi connectivity index (χ1v) is 16.5. The number of anilines is 1. The second-order valence-electron chi connectivity index (χ2n) is 14.0. The van der Waals surface area contributed by atoms with Gasteiger partial charge in [-0.25, -0.2) is 9.97 Å². The number of hydrogen-bond donors (Lipinski definition) is 0. The highest BCUT2D eigenvalue weighted by Gasteiger charge is 2.31. The van der Waals surface area contributed by atoms with E-state index in [4.69, 9.17) is 24.4 Å². The molecule has 2 aromatic heterocycles. The van der Waals surface area contributed by atoms with Gasteiger partial charge in [0.15, 0.2) is 5.78 Å². The predicted molar refractivity (Wildman–Crippen MR) is 188 cm³/mol. The normalized spacial score (nSPS) is 16.0. The third-order valence-electron chi connectivity index (χ3n) is 9.52. The number of hydrogen-bond acceptors (Lipinski definition) is 8. The van der Waals surface area contributed by atoms with Crippen molar-refractivity contribution in [1.29, 1.82) is 0 Å². The first-order chi connectivity index (χ1) is 22.5. The number of rotatable bonds is 6. The van der Waals surface area contributed by atoms with Gasteiger partial charge in [-0.2, -0.15) is 0 Å². The van der Waals surface area contributed by atoms with Gasteiger partial charge in [0.05, 0.1) is 17.7 Å². The van der Waals surface area contributed by atoms with E-state index in [-0.39, 0.29) is 5.78 Å². The van der Waals surface area contributed by atoms with Crippen LogP contribution in [0.2, 0.25) is 0 Å². The maximum absolute atomic E-state index is 13.4. The summed E-state index contributed by atoms with van der Waals surface area (Å²) in [5, 5.41) is 3.19. The molecule has 8 heteroatoms. The topological polar surface area (TPSA) is 80.7 Å². The zero-order valence-electron chi connectivity index (χ0n) is 28.5. The fourth-order valence-electron chi connectivity index (χ4n) is 7.14. The first-order valence-electron chi connectivity index (χ1n) is 16.5. The predicted octanol–water partition coefficient (Wildman–Crippen LogP) is 7.26. The molecule has 1 fully saturated rings. The van der Waals surface area contributed by atoms with Crippen molar-refractivity contribution in [2.75, 3.05) is 44.7 Å². The Kier molecular flexibility index (Phi) is 7.97. The number of carbonyl (C=O) groups is 1. The lowest BCUT2D eigenvalue weighted by atomic mass is 9.83. The summed E-state index contributed by atoms with van der Waals surface area (Å²) < 4.78 is 12.6. The van der Waals surface area contributed by atoms with Crippen molar-refractivity contribution in [3.8, 4) is 28.0 Å². The number of aryl methyl sites for hydroxylation is 2. The van der Waals surface area contributed by atoms with E-state index >= 15 is 0 Å². The van der Waals surface area contributed by atoms with Crippen LogP contribution < -0.4 is 9.64 Å². The van der Waals surface area contributed by atoms with Crippen LogP contribution in [0.3, 0.4) is 0 Å². The maximum atomic E-state index is 13.4. The Morgan fingerprint density at radius 2 is 1.66 bits per heavy atom. The SMILES string of the molecule is CC(=O)C(OC(C)(C)C)c1c(C)cc2c(C)c(-c3cnc(N4CCN(C)CC4)nc3)ccc2c1-c1ccc2c3c(ccnc13)CCO2. The molecular weight excluding hydrogens is 586 g/mol. The van der Waals surface area contributed by atoms with Gasteiger partial charge in [0.25, 0.3) is 0 Å².